The minimum atomic E-state index is 0.304. The Morgan fingerprint density at radius 3 is 1.44 bits per heavy atom. The Kier molecular flexibility index (Phi) is 2.99. The van der Waals surface area contributed by atoms with Crippen molar-refractivity contribution in [2.24, 2.45) is 0 Å². The topological polar surface area (TPSA) is 25.8 Å². The molecule has 0 aliphatic rings. The van der Waals surface area contributed by atoms with Crippen LogP contribution in [0.25, 0.3) is 21.8 Å². The maximum Gasteiger partial charge on any atom is 0.131 e. The van der Waals surface area contributed by atoms with E-state index in [-0.39, 0.29) is 0 Å². The largest absolute Gasteiger partial charge is 0.234 e. The van der Waals surface area contributed by atoms with Gasteiger partial charge in [0.15, 0.2) is 0 Å². The molecule has 0 N–H and O–H groups in total. The van der Waals surface area contributed by atoms with Gasteiger partial charge < -0.3 is 0 Å². The molecule has 6 heteroatoms. The number of nitrogens with zero attached hydrogens (tertiary/aromatic N) is 2. The van der Waals surface area contributed by atoms with Gasteiger partial charge in [0, 0.05) is 10.8 Å². The lowest BCUT2D eigenvalue weighted by molar-refractivity contribution is 1.37. The summed E-state index contributed by atoms with van der Waals surface area (Å²) in [5, 5.41) is 3.17. The fourth-order valence-electron chi connectivity index (χ4n) is 1.83. The van der Waals surface area contributed by atoms with E-state index < -0.39 is 0 Å². The van der Waals surface area contributed by atoms with E-state index in [1.165, 1.54) is 0 Å². The number of rotatable bonds is 0. The van der Waals surface area contributed by atoms with Crippen LogP contribution in [0.15, 0.2) is 24.3 Å². The molecule has 0 fully saturated rings. The third-order valence-corrected chi connectivity index (χ3v) is 3.61. The second-order valence-corrected chi connectivity index (χ2v) is 5.30. The second kappa shape index (κ2) is 4.39. The number of hydrogen-bond donors (Lipinski definition) is 0. The molecule has 0 atom stereocenters. The van der Waals surface area contributed by atoms with Crippen LogP contribution in [-0.2, 0) is 0 Å². The first-order chi connectivity index (χ1) is 8.56. The van der Waals surface area contributed by atoms with E-state index in [4.69, 9.17) is 46.4 Å². The molecule has 0 aliphatic carbocycles. The van der Waals surface area contributed by atoms with E-state index in [0.29, 0.717) is 31.4 Å². The summed E-state index contributed by atoms with van der Waals surface area (Å²) in [7, 11) is 0. The van der Waals surface area contributed by atoms with Crippen molar-refractivity contribution in [1.29, 1.82) is 0 Å². The van der Waals surface area contributed by atoms with E-state index in [1.54, 1.807) is 12.1 Å². The normalized spacial score (nSPS) is 11.3. The second-order valence-electron chi connectivity index (χ2n) is 3.71. The lowest BCUT2D eigenvalue weighted by Crippen LogP contribution is -1.88. The Morgan fingerprint density at radius 2 is 1.06 bits per heavy atom. The number of fused-ring (bicyclic) bond motifs is 3. The van der Waals surface area contributed by atoms with E-state index in [1.807, 2.05) is 12.1 Å². The molecular formula is C12H4Cl4N2. The zero-order valence-corrected chi connectivity index (χ0v) is 11.7. The van der Waals surface area contributed by atoms with Crippen molar-refractivity contribution in [3.05, 3.63) is 44.6 Å². The molecule has 0 spiro atoms. The zero-order valence-electron chi connectivity index (χ0n) is 8.72. The molecular weight excluding hydrogens is 314 g/mol. The number of halogens is 4. The van der Waals surface area contributed by atoms with E-state index in [9.17, 15) is 0 Å². The maximum atomic E-state index is 6.12. The fraction of sp³-hybridized carbons (Fsp3) is 0. The summed E-state index contributed by atoms with van der Waals surface area (Å²) < 4.78 is 0. The van der Waals surface area contributed by atoms with Crippen molar-refractivity contribution in [3.8, 4) is 0 Å². The standard InChI is InChI=1S/C12H4Cl4N2/c13-7-3-9(15)17-11-5(7)1-2-6-8(14)4-10(16)18-12(6)11/h1-4H. The van der Waals surface area contributed by atoms with Crippen LogP contribution in [0, 0.1) is 0 Å². The highest BCUT2D eigenvalue weighted by atomic mass is 35.5. The first-order valence-electron chi connectivity index (χ1n) is 4.97. The number of benzene rings is 1. The van der Waals surface area contributed by atoms with Gasteiger partial charge in [-0.2, -0.15) is 0 Å². The fourth-order valence-corrected chi connectivity index (χ4v) is 2.84. The Balaban J connectivity index is 2.60. The predicted octanol–water partition coefficient (Wildman–Crippen LogP) is 5.40. The summed E-state index contributed by atoms with van der Waals surface area (Å²) in [4.78, 5) is 8.50. The molecule has 0 unspecified atom stereocenters. The molecule has 90 valence electrons. The predicted molar refractivity (Wildman–Crippen MR) is 77.1 cm³/mol. The third kappa shape index (κ3) is 1.90. The average molecular weight is 318 g/mol. The molecule has 1 aromatic carbocycles. The van der Waals surface area contributed by atoms with E-state index in [0.717, 1.165) is 10.8 Å². The minimum Gasteiger partial charge on any atom is -0.234 e. The first-order valence-corrected chi connectivity index (χ1v) is 6.48. The van der Waals surface area contributed by atoms with Crippen molar-refractivity contribution in [2.45, 2.75) is 0 Å². The van der Waals surface area contributed by atoms with E-state index in [2.05, 4.69) is 9.97 Å². The first kappa shape index (κ1) is 12.2. The summed E-state index contributed by atoms with van der Waals surface area (Å²) >= 11 is 24.1. The van der Waals surface area contributed by atoms with Crippen molar-refractivity contribution in [1.82, 2.24) is 9.97 Å². The summed E-state index contributed by atoms with van der Waals surface area (Å²) in [6.07, 6.45) is 0. The molecule has 0 amide bonds. The summed E-state index contributed by atoms with van der Waals surface area (Å²) in [5.74, 6) is 0. The van der Waals surface area contributed by atoms with Crippen LogP contribution in [0.5, 0.6) is 0 Å². The SMILES string of the molecule is Clc1cc(Cl)c2ccc3c(Cl)cc(Cl)nc3c2n1. The monoisotopic (exact) mass is 316 g/mol. The molecule has 18 heavy (non-hydrogen) atoms. The van der Waals surface area contributed by atoms with Crippen LogP contribution in [0.2, 0.25) is 20.4 Å². The van der Waals surface area contributed by atoms with Crippen LogP contribution in [0.3, 0.4) is 0 Å². The maximum absolute atomic E-state index is 6.12. The van der Waals surface area contributed by atoms with Crippen LogP contribution < -0.4 is 0 Å². The van der Waals surface area contributed by atoms with Gasteiger partial charge in [-0.3, -0.25) is 0 Å². The lowest BCUT2D eigenvalue weighted by atomic mass is 10.1. The van der Waals surface area contributed by atoms with Gasteiger partial charge in [-0.1, -0.05) is 58.5 Å². The quantitative estimate of drug-likeness (QED) is 0.410. The molecule has 3 aromatic rings. The molecule has 2 nitrogen and oxygen atoms in total. The Labute approximate surface area is 122 Å². The Bertz CT molecular complexity index is 719. The zero-order chi connectivity index (χ0) is 12.9. The Morgan fingerprint density at radius 1 is 0.667 bits per heavy atom. The van der Waals surface area contributed by atoms with Gasteiger partial charge in [-0.15, -0.1) is 0 Å². The van der Waals surface area contributed by atoms with Crippen LogP contribution in [0.4, 0.5) is 0 Å². The molecule has 0 bridgehead atoms. The highest BCUT2D eigenvalue weighted by molar-refractivity contribution is 6.40. The van der Waals surface area contributed by atoms with Crippen LogP contribution in [0.1, 0.15) is 0 Å². The molecule has 0 saturated heterocycles. The summed E-state index contributed by atoms with van der Waals surface area (Å²) in [5.41, 5.74) is 1.18. The summed E-state index contributed by atoms with van der Waals surface area (Å²) in [6, 6.07) is 6.85. The Hall–Kier alpha value is -0.800. The van der Waals surface area contributed by atoms with Gasteiger partial charge in [-0.05, 0) is 12.1 Å². The molecule has 0 radical (unpaired) electrons. The number of aromatic nitrogens is 2. The van der Waals surface area contributed by atoms with Crippen molar-refractivity contribution in [3.63, 3.8) is 0 Å². The van der Waals surface area contributed by atoms with Crippen LogP contribution >= 0.6 is 46.4 Å². The number of hydrogen-bond acceptors (Lipinski definition) is 2. The van der Waals surface area contributed by atoms with Crippen LogP contribution in [-0.4, -0.2) is 9.97 Å². The smallest absolute Gasteiger partial charge is 0.131 e. The van der Waals surface area contributed by atoms with Gasteiger partial charge in [0.25, 0.3) is 0 Å². The van der Waals surface area contributed by atoms with Gasteiger partial charge in [0.05, 0.1) is 21.1 Å². The lowest BCUT2D eigenvalue weighted by Gasteiger charge is -2.06. The van der Waals surface area contributed by atoms with Gasteiger partial charge in [0.2, 0.25) is 0 Å². The van der Waals surface area contributed by atoms with Gasteiger partial charge in [0.1, 0.15) is 10.3 Å². The van der Waals surface area contributed by atoms with Gasteiger partial charge >= 0.3 is 0 Å². The van der Waals surface area contributed by atoms with Gasteiger partial charge in [-0.25, -0.2) is 9.97 Å². The molecule has 3 rings (SSSR count). The van der Waals surface area contributed by atoms with E-state index >= 15 is 0 Å². The third-order valence-electron chi connectivity index (χ3n) is 2.59. The van der Waals surface area contributed by atoms with Crippen molar-refractivity contribution < 1.29 is 0 Å². The van der Waals surface area contributed by atoms with Crippen molar-refractivity contribution >= 4 is 68.2 Å². The highest BCUT2D eigenvalue weighted by Crippen LogP contribution is 2.33. The molecule has 0 aliphatic heterocycles. The van der Waals surface area contributed by atoms with Crippen molar-refractivity contribution in [2.75, 3.05) is 0 Å². The summed E-state index contributed by atoms with van der Waals surface area (Å²) in [6.45, 7) is 0. The average Bonchev–Trinajstić information content (AvgIpc) is 2.28. The number of pyridine rings is 2. The molecule has 2 heterocycles. The molecule has 0 saturated carbocycles. The minimum absolute atomic E-state index is 0.304. The molecule has 2 aromatic heterocycles. The highest BCUT2D eigenvalue weighted by Gasteiger charge is 2.11.